The van der Waals surface area contributed by atoms with Crippen molar-refractivity contribution in [2.45, 2.75) is 18.7 Å². The van der Waals surface area contributed by atoms with E-state index in [-0.39, 0.29) is 0 Å². The fraction of sp³-hybridized carbons (Fsp3) is 0.208. The smallest absolute Gasteiger partial charge is 0.131 e. The lowest BCUT2D eigenvalue weighted by atomic mass is 9.89. The molecule has 0 aliphatic carbocycles. The van der Waals surface area contributed by atoms with Crippen LogP contribution in [0, 0.1) is 25.2 Å². The largest absolute Gasteiger partial charge is 0.496 e. The molecule has 3 aromatic rings. The van der Waals surface area contributed by atoms with Gasteiger partial charge in [-0.1, -0.05) is 42.5 Å². The molecule has 0 saturated carbocycles. The third-order valence-electron chi connectivity index (χ3n) is 4.93. The van der Waals surface area contributed by atoms with Crippen molar-refractivity contribution in [1.29, 1.82) is 5.26 Å². The number of nitrogens with zero attached hydrogens (tertiary/aromatic N) is 1. The molecule has 0 N–H and O–H groups in total. The molecule has 0 spiro atoms. The Morgan fingerprint density at radius 1 is 0.893 bits per heavy atom. The number of aryl methyl sites for hydroxylation is 1. The van der Waals surface area contributed by atoms with E-state index >= 15 is 0 Å². The molecule has 3 nitrogen and oxygen atoms in total. The zero-order valence-corrected chi connectivity index (χ0v) is 17.6. The van der Waals surface area contributed by atoms with Crippen LogP contribution >= 0.6 is 11.8 Å². The number of rotatable bonds is 5. The van der Waals surface area contributed by atoms with Crippen LogP contribution in [-0.2, 0) is 0 Å². The maximum absolute atomic E-state index is 10.1. The summed E-state index contributed by atoms with van der Waals surface area (Å²) in [6.45, 7) is 4.07. The number of benzene rings is 3. The van der Waals surface area contributed by atoms with Crippen LogP contribution in [0.25, 0.3) is 22.3 Å². The molecule has 0 heterocycles. The first-order chi connectivity index (χ1) is 13.6. The number of hydrogen-bond acceptors (Lipinski definition) is 4. The number of thioether (sulfide) groups is 1. The van der Waals surface area contributed by atoms with Gasteiger partial charge in [-0.25, -0.2) is 0 Å². The number of ether oxygens (including phenoxy) is 2. The van der Waals surface area contributed by atoms with E-state index in [2.05, 4.69) is 12.1 Å². The van der Waals surface area contributed by atoms with Crippen molar-refractivity contribution in [1.82, 2.24) is 0 Å². The Morgan fingerprint density at radius 3 is 2.18 bits per heavy atom. The Labute approximate surface area is 170 Å². The minimum absolute atomic E-state index is 0.635. The quantitative estimate of drug-likeness (QED) is 0.484. The van der Waals surface area contributed by atoms with Crippen molar-refractivity contribution in [2.24, 2.45) is 0 Å². The van der Waals surface area contributed by atoms with E-state index in [1.165, 1.54) is 0 Å². The van der Waals surface area contributed by atoms with Crippen LogP contribution in [0.4, 0.5) is 0 Å². The average molecular weight is 390 g/mol. The average Bonchev–Trinajstić information content (AvgIpc) is 2.73. The van der Waals surface area contributed by atoms with Gasteiger partial charge in [-0.2, -0.15) is 5.26 Å². The summed E-state index contributed by atoms with van der Waals surface area (Å²) in [5.74, 6) is 1.56. The summed E-state index contributed by atoms with van der Waals surface area (Å²) in [6, 6.07) is 18.5. The van der Waals surface area contributed by atoms with Gasteiger partial charge in [-0.05, 0) is 42.9 Å². The fourth-order valence-electron chi connectivity index (χ4n) is 3.59. The van der Waals surface area contributed by atoms with Gasteiger partial charge in [0.2, 0.25) is 0 Å². The summed E-state index contributed by atoms with van der Waals surface area (Å²) < 4.78 is 11.3. The van der Waals surface area contributed by atoms with Crippen LogP contribution in [0.15, 0.2) is 53.4 Å². The minimum Gasteiger partial charge on any atom is -0.496 e. The molecule has 0 saturated heterocycles. The van der Waals surface area contributed by atoms with Crippen molar-refractivity contribution in [2.75, 3.05) is 20.5 Å². The summed E-state index contributed by atoms with van der Waals surface area (Å²) >= 11 is 1.58. The lowest BCUT2D eigenvalue weighted by Crippen LogP contribution is -2.01. The van der Waals surface area contributed by atoms with Crippen LogP contribution in [-0.4, -0.2) is 20.5 Å². The van der Waals surface area contributed by atoms with Crippen LogP contribution in [0.5, 0.6) is 11.5 Å². The van der Waals surface area contributed by atoms with Gasteiger partial charge in [0.25, 0.3) is 0 Å². The summed E-state index contributed by atoms with van der Waals surface area (Å²) in [4.78, 5) is 0.950. The molecule has 0 aliphatic heterocycles. The zero-order chi connectivity index (χ0) is 20.3. The van der Waals surface area contributed by atoms with Gasteiger partial charge in [-0.3, -0.25) is 0 Å². The first-order valence-electron chi connectivity index (χ1n) is 8.96. The van der Waals surface area contributed by atoms with Crippen LogP contribution in [0.1, 0.15) is 16.7 Å². The Balaban J connectivity index is 2.42. The topological polar surface area (TPSA) is 42.2 Å². The number of hydrogen-bond donors (Lipinski definition) is 0. The fourth-order valence-corrected chi connectivity index (χ4v) is 4.42. The highest BCUT2D eigenvalue weighted by Gasteiger charge is 2.24. The van der Waals surface area contributed by atoms with Gasteiger partial charge in [0.15, 0.2) is 0 Å². The Morgan fingerprint density at radius 2 is 1.61 bits per heavy atom. The SMILES string of the molecule is COc1cc(-c2c(C)c(OC)c(-c3ccccc3)c(C#N)c2SC)ccc1C. The van der Waals surface area contributed by atoms with Gasteiger partial charge in [-0.15, -0.1) is 11.8 Å². The molecule has 0 fully saturated rings. The minimum atomic E-state index is 0.635. The molecular formula is C24H23NO2S. The first kappa shape index (κ1) is 19.9. The predicted octanol–water partition coefficient (Wildman–Crippen LogP) is 6.25. The molecule has 3 rings (SSSR count). The van der Waals surface area contributed by atoms with Gasteiger partial charge in [0.05, 0.1) is 19.8 Å². The third-order valence-corrected chi connectivity index (χ3v) is 5.74. The second kappa shape index (κ2) is 8.41. The lowest BCUT2D eigenvalue weighted by Gasteiger charge is -2.22. The van der Waals surface area contributed by atoms with Crippen LogP contribution < -0.4 is 9.47 Å². The Hall–Kier alpha value is -2.90. The summed E-state index contributed by atoms with van der Waals surface area (Å²) in [6.07, 6.45) is 2.01. The van der Waals surface area contributed by atoms with E-state index in [9.17, 15) is 5.26 Å². The highest BCUT2D eigenvalue weighted by Crippen LogP contribution is 2.47. The van der Waals surface area contributed by atoms with Gasteiger partial charge >= 0.3 is 0 Å². The normalized spacial score (nSPS) is 10.4. The highest BCUT2D eigenvalue weighted by atomic mass is 32.2. The first-order valence-corrected chi connectivity index (χ1v) is 10.2. The van der Waals surface area contributed by atoms with Gasteiger partial charge in [0.1, 0.15) is 17.6 Å². The second-order valence-electron chi connectivity index (χ2n) is 6.48. The molecule has 0 aromatic heterocycles. The Kier molecular flexibility index (Phi) is 5.96. The third kappa shape index (κ3) is 3.34. The molecular weight excluding hydrogens is 366 g/mol. The van der Waals surface area contributed by atoms with E-state index in [1.54, 1.807) is 26.0 Å². The van der Waals surface area contributed by atoms with E-state index < -0.39 is 0 Å². The number of methoxy groups -OCH3 is 2. The molecule has 0 aliphatic rings. The molecule has 0 bridgehead atoms. The van der Waals surface area contributed by atoms with E-state index in [4.69, 9.17) is 9.47 Å². The monoisotopic (exact) mass is 389 g/mol. The molecule has 3 aromatic carbocycles. The molecule has 28 heavy (non-hydrogen) atoms. The summed E-state index contributed by atoms with van der Waals surface area (Å²) in [7, 11) is 3.34. The molecule has 4 heteroatoms. The Bertz CT molecular complexity index is 1050. The van der Waals surface area contributed by atoms with E-state index in [0.29, 0.717) is 5.56 Å². The highest BCUT2D eigenvalue weighted by molar-refractivity contribution is 7.98. The molecule has 0 unspecified atom stereocenters. The van der Waals surface area contributed by atoms with E-state index in [0.717, 1.165) is 49.8 Å². The maximum Gasteiger partial charge on any atom is 0.131 e. The molecule has 0 radical (unpaired) electrons. The molecule has 0 amide bonds. The zero-order valence-electron chi connectivity index (χ0n) is 16.8. The van der Waals surface area contributed by atoms with E-state index in [1.807, 2.05) is 62.6 Å². The van der Waals surface area contributed by atoms with Crippen molar-refractivity contribution in [3.05, 3.63) is 65.2 Å². The van der Waals surface area contributed by atoms with Crippen molar-refractivity contribution < 1.29 is 9.47 Å². The molecule has 142 valence electrons. The summed E-state index contributed by atoms with van der Waals surface area (Å²) in [5.41, 5.74) is 6.56. The molecule has 0 atom stereocenters. The van der Waals surface area contributed by atoms with Crippen LogP contribution in [0.3, 0.4) is 0 Å². The van der Waals surface area contributed by atoms with Gasteiger partial charge < -0.3 is 9.47 Å². The lowest BCUT2D eigenvalue weighted by molar-refractivity contribution is 0.411. The van der Waals surface area contributed by atoms with Crippen molar-refractivity contribution in [3.63, 3.8) is 0 Å². The maximum atomic E-state index is 10.1. The van der Waals surface area contributed by atoms with Crippen LogP contribution in [0.2, 0.25) is 0 Å². The second-order valence-corrected chi connectivity index (χ2v) is 7.30. The van der Waals surface area contributed by atoms with Crippen molar-refractivity contribution in [3.8, 4) is 39.8 Å². The predicted molar refractivity (Wildman–Crippen MR) is 116 cm³/mol. The van der Waals surface area contributed by atoms with Gasteiger partial charge in [0, 0.05) is 21.6 Å². The standard InChI is InChI=1S/C24H23NO2S/c1-15-11-12-18(13-20(15)26-3)21-16(2)23(27-4)22(17-9-7-6-8-10-17)19(14-25)24(21)28-5/h6-13H,1-5H3. The van der Waals surface area contributed by atoms with Crippen molar-refractivity contribution >= 4 is 11.8 Å². The summed E-state index contributed by atoms with van der Waals surface area (Å²) in [5, 5.41) is 10.1. The number of nitriles is 1.